The van der Waals surface area contributed by atoms with Gasteiger partial charge in [0.15, 0.2) is 17.2 Å². The Hall–Kier alpha value is -4.52. The van der Waals surface area contributed by atoms with Crippen LogP contribution in [-0.4, -0.2) is 77.5 Å². The number of hydrogen-bond donors (Lipinski definition) is 3. The molecule has 14 heteroatoms. The molecule has 2 fully saturated rings. The fourth-order valence-corrected chi connectivity index (χ4v) is 6.51. The van der Waals surface area contributed by atoms with E-state index in [1.165, 1.54) is 35.2 Å². The van der Waals surface area contributed by atoms with Gasteiger partial charge in [-0.25, -0.2) is 9.18 Å². The number of rotatable bonds is 5. The lowest BCUT2D eigenvalue weighted by Gasteiger charge is -2.45. The minimum atomic E-state index is -1.53. The van der Waals surface area contributed by atoms with Crippen LogP contribution in [0.5, 0.6) is 0 Å². The monoisotopic (exact) mass is 625 g/mol. The number of anilines is 2. The number of nitrogens with zero attached hydrogens (tertiary/aromatic N) is 2. The van der Waals surface area contributed by atoms with Crippen LogP contribution in [0.25, 0.3) is 0 Å². The average molecular weight is 626 g/mol. The van der Waals surface area contributed by atoms with Crippen LogP contribution < -0.4 is 16.0 Å². The molecule has 12 nitrogen and oxygen atoms in total. The highest BCUT2D eigenvalue weighted by atomic mass is 35.5. The molecule has 0 radical (unpaired) electrons. The number of Topliss-reactive ketones (excluding diaryl/α,β-unsaturated/α-hetero) is 1. The van der Waals surface area contributed by atoms with Gasteiger partial charge in [-0.05, 0) is 56.0 Å². The van der Waals surface area contributed by atoms with Crippen LogP contribution in [0, 0.1) is 5.82 Å². The maximum absolute atomic E-state index is 15.4. The van der Waals surface area contributed by atoms with Gasteiger partial charge in [0.1, 0.15) is 6.04 Å². The zero-order valence-corrected chi connectivity index (χ0v) is 24.3. The number of ketones is 1. The largest absolute Gasteiger partial charge is 0.436 e. The Labute approximate surface area is 256 Å². The molecule has 44 heavy (non-hydrogen) atoms. The SMILES string of the molecule is O=C1CC(=O)c2cc(C(=O)N[C@@H](CC(=O)N3CCCC3)C(=O)N3CCC[C@@]4(C3)OC(=O)Nc3ccc(Cl)c(F)c34)ccc2N1. The topological polar surface area (TPSA) is 154 Å². The van der Waals surface area contributed by atoms with E-state index in [9.17, 15) is 28.8 Å². The molecule has 2 aromatic carbocycles. The summed E-state index contributed by atoms with van der Waals surface area (Å²) < 4.78 is 21.0. The van der Waals surface area contributed by atoms with Crippen molar-refractivity contribution in [2.75, 3.05) is 36.8 Å². The lowest BCUT2D eigenvalue weighted by Crippen LogP contribution is -2.58. The molecule has 0 saturated carbocycles. The minimum Gasteiger partial charge on any atom is -0.436 e. The highest BCUT2D eigenvalue weighted by molar-refractivity contribution is 6.31. The first-order valence-corrected chi connectivity index (χ1v) is 14.8. The Balaban J connectivity index is 1.28. The standard InChI is InChI=1S/C30H29ClFN5O7/c31-18-5-7-20-25(26(18)32)30(44-29(43)35-20)8-3-11-37(15-30)28(42)21(13-24(40)36-9-1-2-10-36)34-27(41)16-4-6-19-17(12-16)22(38)14-23(39)33-19/h4-7,12,21H,1-3,8-11,13-15H2,(H,33,39)(H,34,41)(H,35,43)/t21-,30-/m0/s1. The van der Waals surface area contributed by atoms with E-state index >= 15 is 4.39 Å². The molecule has 0 unspecified atom stereocenters. The van der Waals surface area contributed by atoms with Crippen molar-refractivity contribution >= 4 is 58.5 Å². The van der Waals surface area contributed by atoms with Crippen LogP contribution in [0.2, 0.25) is 5.02 Å². The molecular formula is C30H29ClFN5O7. The predicted molar refractivity (Wildman–Crippen MR) is 155 cm³/mol. The van der Waals surface area contributed by atoms with Crippen molar-refractivity contribution < 1.29 is 37.9 Å². The van der Waals surface area contributed by atoms with Crippen molar-refractivity contribution in [2.24, 2.45) is 0 Å². The van der Waals surface area contributed by atoms with Crippen LogP contribution in [0.4, 0.5) is 20.6 Å². The number of halogens is 2. The van der Waals surface area contributed by atoms with E-state index < -0.39 is 47.1 Å². The Bertz CT molecular complexity index is 1610. The fourth-order valence-electron chi connectivity index (χ4n) is 6.35. The normalized spacial score (nSPS) is 21.5. The summed E-state index contributed by atoms with van der Waals surface area (Å²) in [4.78, 5) is 80.3. The number of carbonyl (C=O) groups excluding carboxylic acids is 6. The number of piperidine rings is 1. The maximum atomic E-state index is 15.4. The molecule has 0 aliphatic carbocycles. The summed E-state index contributed by atoms with van der Waals surface area (Å²) >= 11 is 6.07. The third kappa shape index (κ3) is 5.47. The third-order valence-electron chi connectivity index (χ3n) is 8.46. The number of amides is 5. The summed E-state index contributed by atoms with van der Waals surface area (Å²) in [6, 6.07) is 5.66. The molecule has 0 bridgehead atoms. The lowest BCUT2D eigenvalue weighted by atomic mass is 9.82. The molecule has 2 atom stereocenters. The van der Waals surface area contributed by atoms with Crippen LogP contribution in [0.15, 0.2) is 30.3 Å². The highest BCUT2D eigenvalue weighted by Gasteiger charge is 2.49. The predicted octanol–water partition coefficient (Wildman–Crippen LogP) is 3.19. The number of likely N-dealkylation sites (tertiary alicyclic amines) is 2. The molecule has 0 aromatic heterocycles. The van der Waals surface area contributed by atoms with Gasteiger partial charge in [0.05, 0.1) is 41.3 Å². The second kappa shape index (κ2) is 11.5. The second-order valence-corrected chi connectivity index (χ2v) is 11.8. The number of ether oxygens (including phenoxy) is 1. The quantitative estimate of drug-likeness (QED) is 0.431. The zero-order valence-electron chi connectivity index (χ0n) is 23.5. The van der Waals surface area contributed by atoms with Crippen molar-refractivity contribution in [1.29, 1.82) is 0 Å². The number of fused-ring (bicyclic) bond motifs is 3. The fraction of sp³-hybridized carbons (Fsp3) is 0.400. The Morgan fingerprint density at radius 2 is 1.73 bits per heavy atom. The van der Waals surface area contributed by atoms with Gasteiger partial charge in [0.25, 0.3) is 5.91 Å². The minimum absolute atomic E-state index is 0.0293. The first-order chi connectivity index (χ1) is 21.0. The average Bonchev–Trinajstić information content (AvgIpc) is 3.53. The number of nitrogens with one attached hydrogen (secondary N) is 3. The maximum Gasteiger partial charge on any atom is 0.412 e. The Morgan fingerprint density at radius 1 is 1.00 bits per heavy atom. The third-order valence-corrected chi connectivity index (χ3v) is 8.75. The van der Waals surface area contributed by atoms with Gasteiger partial charge >= 0.3 is 6.09 Å². The van der Waals surface area contributed by atoms with E-state index in [1.54, 1.807) is 4.90 Å². The van der Waals surface area contributed by atoms with Crippen LogP contribution in [0.1, 0.15) is 64.8 Å². The van der Waals surface area contributed by atoms with Crippen molar-refractivity contribution in [3.8, 4) is 0 Å². The van der Waals surface area contributed by atoms with Gasteiger partial charge in [-0.3, -0.25) is 29.3 Å². The van der Waals surface area contributed by atoms with Gasteiger partial charge in [-0.1, -0.05) is 11.6 Å². The summed E-state index contributed by atoms with van der Waals surface area (Å²) in [5.41, 5.74) is -0.808. The van der Waals surface area contributed by atoms with E-state index in [4.69, 9.17) is 16.3 Å². The summed E-state index contributed by atoms with van der Waals surface area (Å²) in [6.07, 6.45) is 0.736. The highest BCUT2D eigenvalue weighted by Crippen LogP contribution is 2.45. The smallest absolute Gasteiger partial charge is 0.412 e. The van der Waals surface area contributed by atoms with Crippen molar-refractivity contribution in [1.82, 2.24) is 15.1 Å². The molecule has 4 heterocycles. The molecule has 2 aromatic rings. The molecule has 6 rings (SSSR count). The molecule has 3 N–H and O–H groups in total. The number of benzene rings is 2. The van der Waals surface area contributed by atoms with Crippen LogP contribution >= 0.6 is 11.6 Å². The summed E-state index contributed by atoms with van der Waals surface area (Å²) in [5, 5.41) is 7.55. The van der Waals surface area contributed by atoms with E-state index in [2.05, 4.69) is 16.0 Å². The summed E-state index contributed by atoms with van der Waals surface area (Å²) in [5.74, 6) is -3.29. The molecule has 2 saturated heterocycles. The zero-order chi connectivity index (χ0) is 31.2. The Morgan fingerprint density at radius 3 is 2.50 bits per heavy atom. The summed E-state index contributed by atoms with van der Waals surface area (Å²) in [7, 11) is 0. The first kappa shape index (κ1) is 29.5. The molecule has 230 valence electrons. The number of carbonyl (C=O) groups is 6. The lowest BCUT2D eigenvalue weighted by molar-refractivity contribution is -0.144. The molecule has 5 amide bonds. The summed E-state index contributed by atoms with van der Waals surface area (Å²) in [6.45, 7) is 1.07. The van der Waals surface area contributed by atoms with E-state index in [1.807, 2.05) is 0 Å². The van der Waals surface area contributed by atoms with E-state index in [0.717, 1.165) is 12.8 Å². The van der Waals surface area contributed by atoms with E-state index in [-0.39, 0.29) is 71.3 Å². The van der Waals surface area contributed by atoms with Crippen molar-refractivity contribution in [2.45, 2.75) is 50.2 Å². The van der Waals surface area contributed by atoms with Gasteiger partial charge in [-0.15, -0.1) is 0 Å². The van der Waals surface area contributed by atoms with Gasteiger partial charge in [0, 0.05) is 30.8 Å². The van der Waals surface area contributed by atoms with Crippen LogP contribution in [-0.2, 0) is 24.7 Å². The molecule has 1 spiro atoms. The van der Waals surface area contributed by atoms with Crippen molar-refractivity contribution in [3.63, 3.8) is 0 Å². The number of hydrogen-bond acceptors (Lipinski definition) is 7. The second-order valence-electron chi connectivity index (χ2n) is 11.4. The molecular weight excluding hydrogens is 597 g/mol. The van der Waals surface area contributed by atoms with E-state index in [0.29, 0.717) is 19.5 Å². The first-order valence-electron chi connectivity index (χ1n) is 14.4. The molecule has 4 aliphatic rings. The Kier molecular flexibility index (Phi) is 7.74. The molecule has 4 aliphatic heterocycles. The van der Waals surface area contributed by atoms with Gasteiger partial charge in [-0.2, -0.15) is 0 Å². The van der Waals surface area contributed by atoms with Crippen LogP contribution in [0.3, 0.4) is 0 Å². The van der Waals surface area contributed by atoms with Gasteiger partial charge < -0.3 is 25.2 Å². The van der Waals surface area contributed by atoms with Crippen molar-refractivity contribution in [3.05, 3.63) is 57.9 Å². The van der Waals surface area contributed by atoms with Gasteiger partial charge in [0.2, 0.25) is 17.7 Å².